The SMILES string of the molecule is CCc1nc(Cl)cc(NCCc2ccnn2C)n1. The number of hydrogen-bond acceptors (Lipinski definition) is 4. The Morgan fingerprint density at radius 2 is 2.22 bits per heavy atom. The number of aromatic nitrogens is 4. The van der Waals surface area contributed by atoms with Crippen LogP contribution in [0.2, 0.25) is 5.15 Å². The molecule has 0 bridgehead atoms. The second kappa shape index (κ2) is 5.82. The van der Waals surface area contributed by atoms with Gasteiger partial charge in [-0.3, -0.25) is 4.68 Å². The van der Waals surface area contributed by atoms with E-state index < -0.39 is 0 Å². The van der Waals surface area contributed by atoms with Gasteiger partial charge in [-0.05, 0) is 6.07 Å². The second-order valence-electron chi connectivity index (χ2n) is 3.97. The Morgan fingerprint density at radius 3 is 2.89 bits per heavy atom. The van der Waals surface area contributed by atoms with Crippen molar-refractivity contribution in [2.45, 2.75) is 19.8 Å². The Labute approximate surface area is 111 Å². The van der Waals surface area contributed by atoms with Gasteiger partial charge in [0.25, 0.3) is 0 Å². The zero-order valence-corrected chi connectivity index (χ0v) is 11.3. The van der Waals surface area contributed by atoms with Crippen LogP contribution in [0, 0.1) is 0 Å². The van der Waals surface area contributed by atoms with Gasteiger partial charge in [0, 0.05) is 44.4 Å². The average molecular weight is 266 g/mol. The summed E-state index contributed by atoms with van der Waals surface area (Å²) in [5.74, 6) is 1.53. The lowest BCUT2D eigenvalue weighted by Crippen LogP contribution is -2.10. The topological polar surface area (TPSA) is 55.6 Å². The highest BCUT2D eigenvalue weighted by molar-refractivity contribution is 6.29. The fraction of sp³-hybridized carbons (Fsp3) is 0.417. The molecule has 0 aliphatic heterocycles. The van der Waals surface area contributed by atoms with Crippen LogP contribution < -0.4 is 5.32 Å². The molecule has 2 rings (SSSR count). The van der Waals surface area contributed by atoms with Gasteiger partial charge in [-0.25, -0.2) is 9.97 Å². The molecule has 1 N–H and O–H groups in total. The van der Waals surface area contributed by atoms with Crippen molar-refractivity contribution in [3.05, 3.63) is 35.0 Å². The lowest BCUT2D eigenvalue weighted by molar-refractivity contribution is 0.710. The predicted molar refractivity (Wildman–Crippen MR) is 71.8 cm³/mol. The maximum absolute atomic E-state index is 5.93. The van der Waals surface area contributed by atoms with Crippen LogP contribution in [0.4, 0.5) is 5.82 Å². The predicted octanol–water partition coefficient (Wildman–Crippen LogP) is 2.08. The summed E-state index contributed by atoms with van der Waals surface area (Å²) >= 11 is 5.93. The van der Waals surface area contributed by atoms with E-state index >= 15 is 0 Å². The summed E-state index contributed by atoms with van der Waals surface area (Å²) in [5, 5.41) is 7.85. The van der Waals surface area contributed by atoms with Crippen molar-refractivity contribution in [3.8, 4) is 0 Å². The molecule has 2 aromatic heterocycles. The zero-order chi connectivity index (χ0) is 13.0. The minimum absolute atomic E-state index is 0.477. The number of rotatable bonds is 5. The monoisotopic (exact) mass is 265 g/mol. The number of nitrogens with one attached hydrogen (secondary N) is 1. The van der Waals surface area contributed by atoms with Crippen LogP contribution in [-0.2, 0) is 19.9 Å². The molecule has 0 atom stereocenters. The molecule has 0 aliphatic carbocycles. The zero-order valence-electron chi connectivity index (χ0n) is 10.5. The molecule has 18 heavy (non-hydrogen) atoms. The van der Waals surface area contributed by atoms with Crippen molar-refractivity contribution in [2.75, 3.05) is 11.9 Å². The first kappa shape index (κ1) is 12.8. The molecule has 0 aromatic carbocycles. The first-order chi connectivity index (χ1) is 8.69. The van der Waals surface area contributed by atoms with E-state index in [0.29, 0.717) is 5.15 Å². The van der Waals surface area contributed by atoms with Crippen LogP contribution in [0.3, 0.4) is 0 Å². The number of aryl methyl sites for hydroxylation is 2. The molecule has 0 saturated carbocycles. The minimum Gasteiger partial charge on any atom is -0.370 e. The highest BCUT2D eigenvalue weighted by Crippen LogP contribution is 2.12. The molecule has 5 nitrogen and oxygen atoms in total. The van der Waals surface area contributed by atoms with E-state index in [2.05, 4.69) is 20.4 Å². The number of halogens is 1. The molecule has 96 valence electrons. The Kier molecular flexibility index (Phi) is 4.15. The van der Waals surface area contributed by atoms with Crippen molar-refractivity contribution in [1.29, 1.82) is 0 Å². The van der Waals surface area contributed by atoms with Gasteiger partial charge in [-0.15, -0.1) is 0 Å². The normalized spacial score (nSPS) is 10.6. The molecular formula is C12H16ClN5. The average Bonchev–Trinajstić information content (AvgIpc) is 2.74. The van der Waals surface area contributed by atoms with E-state index in [9.17, 15) is 0 Å². The summed E-state index contributed by atoms with van der Waals surface area (Å²) in [6.45, 7) is 2.79. The van der Waals surface area contributed by atoms with Crippen molar-refractivity contribution in [1.82, 2.24) is 19.7 Å². The van der Waals surface area contributed by atoms with Gasteiger partial charge >= 0.3 is 0 Å². The van der Waals surface area contributed by atoms with E-state index in [-0.39, 0.29) is 0 Å². The fourth-order valence-corrected chi connectivity index (χ4v) is 1.88. The van der Waals surface area contributed by atoms with Gasteiger partial charge in [-0.2, -0.15) is 5.10 Å². The summed E-state index contributed by atoms with van der Waals surface area (Å²) in [6, 6.07) is 3.75. The molecular weight excluding hydrogens is 250 g/mol. The van der Waals surface area contributed by atoms with E-state index in [1.54, 1.807) is 12.3 Å². The van der Waals surface area contributed by atoms with E-state index in [1.165, 1.54) is 5.69 Å². The fourth-order valence-electron chi connectivity index (χ4n) is 1.68. The summed E-state index contributed by atoms with van der Waals surface area (Å²) in [4.78, 5) is 8.49. The molecule has 0 aliphatic rings. The van der Waals surface area contributed by atoms with Crippen LogP contribution in [0.15, 0.2) is 18.3 Å². The quantitative estimate of drug-likeness (QED) is 0.841. The Hall–Kier alpha value is -1.62. The van der Waals surface area contributed by atoms with Gasteiger partial charge in [0.2, 0.25) is 0 Å². The van der Waals surface area contributed by atoms with Gasteiger partial charge in [0.1, 0.15) is 16.8 Å². The number of anilines is 1. The van der Waals surface area contributed by atoms with Gasteiger partial charge in [0.15, 0.2) is 0 Å². The van der Waals surface area contributed by atoms with Gasteiger partial charge in [0.05, 0.1) is 0 Å². The van der Waals surface area contributed by atoms with Crippen LogP contribution in [0.25, 0.3) is 0 Å². The highest BCUT2D eigenvalue weighted by Gasteiger charge is 2.02. The third-order valence-electron chi connectivity index (χ3n) is 2.67. The maximum Gasteiger partial charge on any atom is 0.134 e. The lowest BCUT2D eigenvalue weighted by Gasteiger charge is -2.07. The molecule has 2 aromatic rings. The third kappa shape index (κ3) is 3.20. The molecule has 0 saturated heterocycles. The largest absolute Gasteiger partial charge is 0.370 e. The van der Waals surface area contributed by atoms with Crippen LogP contribution in [-0.4, -0.2) is 26.3 Å². The van der Waals surface area contributed by atoms with Crippen molar-refractivity contribution in [2.24, 2.45) is 7.05 Å². The molecule has 0 amide bonds. The molecule has 0 unspecified atom stereocenters. The number of nitrogens with zero attached hydrogens (tertiary/aromatic N) is 4. The second-order valence-corrected chi connectivity index (χ2v) is 4.36. The minimum atomic E-state index is 0.477. The van der Waals surface area contributed by atoms with Crippen molar-refractivity contribution >= 4 is 17.4 Å². The summed E-state index contributed by atoms with van der Waals surface area (Å²) in [5.41, 5.74) is 1.18. The van der Waals surface area contributed by atoms with E-state index in [0.717, 1.165) is 31.0 Å². The van der Waals surface area contributed by atoms with Crippen LogP contribution >= 0.6 is 11.6 Å². The van der Waals surface area contributed by atoms with Crippen LogP contribution in [0.1, 0.15) is 18.4 Å². The Bertz CT molecular complexity index is 523. The third-order valence-corrected chi connectivity index (χ3v) is 2.86. The summed E-state index contributed by atoms with van der Waals surface area (Å²) in [6.07, 6.45) is 3.46. The Morgan fingerprint density at radius 1 is 1.39 bits per heavy atom. The van der Waals surface area contributed by atoms with Crippen molar-refractivity contribution in [3.63, 3.8) is 0 Å². The molecule has 0 radical (unpaired) electrons. The van der Waals surface area contributed by atoms with Crippen molar-refractivity contribution < 1.29 is 0 Å². The molecule has 0 fully saturated rings. The van der Waals surface area contributed by atoms with E-state index in [1.807, 2.05) is 24.7 Å². The molecule has 6 heteroatoms. The first-order valence-electron chi connectivity index (χ1n) is 5.93. The maximum atomic E-state index is 5.93. The number of hydrogen-bond donors (Lipinski definition) is 1. The standard InChI is InChI=1S/C12H16ClN5/c1-3-11-16-10(13)8-12(17-11)14-6-4-9-5-7-15-18(9)2/h5,7-8H,3-4,6H2,1-2H3,(H,14,16,17). The smallest absolute Gasteiger partial charge is 0.134 e. The lowest BCUT2D eigenvalue weighted by atomic mass is 10.3. The highest BCUT2D eigenvalue weighted by atomic mass is 35.5. The van der Waals surface area contributed by atoms with Crippen LogP contribution in [0.5, 0.6) is 0 Å². The summed E-state index contributed by atoms with van der Waals surface area (Å²) < 4.78 is 1.87. The molecule has 2 heterocycles. The van der Waals surface area contributed by atoms with E-state index in [4.69, 9.17) is 11.6 Å². The van der Waals surface area contributed by atoms with Gasteiger partial charge < -0.3 is 5.32 Å². The Balaban J connectivity index is 1.94. The first-order valence-corrected chi connectivity index (χ1v) is 6.31. The van der Waals surface area contributed by atoms with Gasteiger partial charge in [-0.1, -0.05) is 18.5 Å². The summed E-state index contributed by atoms with van der Waals surface area (Å²) in [7, 11) is 1.94. The molecule has 0 spiro atoms.